The fraction of sp³-hybridized carbons (Fsp3) is 0.467. The average molecular weight is 271 g/mol. The molecule has 0 radical (unpaired) electrons. The molecule has 0 bridgehead atoms. The van der Waals surface area contributed by atoms with E-state index in [1.807, 2.05) is 18.2 Å². The number of fused-ring (bicyclic) bond motifs is 1. The predicted octanol–water partition coefficient (Wildman–Crippen LogP) is 2.80. The number of nitrogens with one attached hydrogen (secondary N) is 1. The molecular formula is C15H21N5. The fourth-order valence-corrected chi connectivity index (χ4v) is 2.93. The van der Waals surface area contributed by atoms with Crippen molar-refractivity contribution < 1.29 is 0 Å². The molecule has 1 saturated heterocycles. The molecule has 20 heavy (non-hydrogen) atoms. The Morgan fingerprint density at radius 1 is 1.20 bits per heavy atom. The highest BCUT2D eigenvalue weighted by Gasteiger charge is 2.25. The Bertz CT molecular complexity index is 602. The minimum absolute atomic E-state index is 0.504. The number of anilines is 2. The van der Waals surface area contributed by atoms with Gasteiger partial charge in [-0.15, -0.1) is 0 Å². The minimum atomic E-state index is 0.504. The van der Waals surface area contributed by atoms with Crippen LogP contribution in [0.2, 0.25) is 0 Å². The first-order chi connectivity index (χ1) is 9.65. The molecular weight excluding hydrogens is 250 g/mol. The Kier molecular flexibility index (Phi) is 3.44. The molecule has 3 N–H and O–H groups in total. The first-order valence-corrected chi connectivity index (χ1v) is 7.20. The van der Waals surface area contributed by atoms with Crippen LogP contribution in [0.3, 0.4) is 0 Å². The average Bonchev–Trinajstić information content (AvgIpc) is 2.43. The van der Waals surface area contributed by atoms with Crippen LogP contribution in [0.15, 0.2) is 24.5 Å². The summed E-state index contributed by atoms with van der Waals surface area (Å²) in [6.07, 6.45) is 5.31. The van der Waals surface area contributed by atoms with Gasteiger partial charge in [-0.25, -0.2) is 15.0 Å². The molecule has 2 aromatic rings. The third kappa shape index (κ3) is 2.41. The van der Waals surface area contributed by atoms with E-state index in [4.69, 9.17) is 5.73 Å². The van der Waals surface area contributed by atoms with E-state index in [2.05, 4.69) is 34.3 Å². The molecule has 0 saturated carbocycles. The van der Waals surface area contributed by atoms with Crippen LogP contribution >= 0.6 is 0 Å². The normalized spacial score (nSPS) is 23.9. The van der Waals surface area contributed by atoms with E-state index in [9.17, 15) is 0 Å². The Morgan fingerprint density at radius 2 is 1.95 bits per heavy atom. The molecule has 2 unspecified atom stereocenters. The third-order valence-electron chi connectivity index (χ3n) is 4.09. The number of piperidine rings is 1. The van der Waals surface area contributed by atoms with Crippen molar-refractivity contribution in [1.29, 1.82) is 0 Å². The topological polar surface area (TPSA) is 67.1 Å². The van der Waals surface area contributed by atoms with E-state index in [0.29, 0.717) is 12.1 Å². The number of hydrazine groups is 1. The summed E-state index contributed by atoms with van der Waals surface area (Å²) in [5.74, 6) is 0.836. The summed E-state index contributed by atoms with van der Waals surface area (Å²) in [4.78, 5) is 8.68. The first-order valence-electron chi connectivity index (χ1n) is 7.20. The summed E-state index contributed by atoms with van der Waals surface area (Å²) in [5, 5.41) is 3.27. The highest BCUT2D eigenvalue weighted by Crippen LogP contribution is 2.26. The van der Waals surface area contributed by atoms with E-state index >= 15 is 0 Å². The van der Waals surface area contributed by atoms with Gasteiger partial charge in [0.15, 0.2) is 5.82 Å². The van der Waals surface area contributed by atoms with Gasteiger partial charge in [-0.05, 0) is 44.9 Å². The maximum atomic E-state index is 5.88. The predicted molar refractivity (Wildman–Crippen MR) is 82.2 cm³/mol. The molecule has 1 fully saturated rings. The van der Waals surface area contributed by atoms with Crippen molar-refractivity contribution in [3.8, 4) is 0 Å². The zero-order chi connectivity index (χ0) is 14.1. The maximum absolute atomic E-state index is 5.88. The van der Waals surface area contributed by atoms with Gasteiger partial charge in [0.25, 0.3) is 0 Å². The molecule has 1 aliphatic rings. The monoisotopic (exact) mass is 271 g/mol. The number of rotatable bonds is 2. The van der Waals surface area contributed by atoms with Gasteiger partial charge in [0, 0.05) is 23.2 Å². The number of nitrogens with two attached hydrogens (primary N) is 1. The molecule has 2 heterocycles. The summed E-state index contributed by atoms with van der Waals surface area (Å²) in [7, 11) is 0. The number of hydrogen-bond donors (Lipinski definition) is 2. The van der Waals surface area contributed by atoms with Crippen molar-refractivity contribution in [3.63, 3.8) is 0 Å². The van der Waals surface area contributed by atoms with Crippen LogP contribution in [-0.2, 0) is 0 Å². The van der Waals surface area contributed by atoms with Gasteiger partial charge in [-0.1, -0.05) is 6.42 Å². The molecule has 1 aromatic carbocycles. The number of nitrogen functional groups attached to an aromatic ring is 1. The Morgan fingerprint density at radius 3 is 2.70 bits per heavy atom. The van der Waals surface area contributed by atoms with Crippen LogP contribution in [0, 0.1) is 0 Å². The summed E-state index contributed by atoms with van der Waals surface area (Å²) >= 11 is 0. The van der Waals surface area contributed by atoms with Crippen molar-refractivity contribution in [1.82, 2.24) is 15.0 Å². The maximum Gasteiger partial charge on any atom is 0.151 e. The molecule has 5 heteroatoms. The van der Waals surface area contributed by atoms with Gasteiger partial charge >= 0.3 is 0 Å². The Labute approximate surface area is 119 Å². The summed E-state index contributed by atoms with van der Waals surface area (Å²) in [6.45, 7) is 4.50. The molecule has 0 spiro atoms. The van der Waals surface area contributed by atoms with Gasteiger partial charge in [-0.2, -0.15) is 0 Å². The minimum Gasteiger partial charge on any atom is -0.399 e. The van der Waals surface area contributed by atoms with Crippen molar-refractivity contribution >= 4 is 22.4 Å². The van der Waals surface area contributed by atoms with E-state index < -0.39 is 0 Å². The number of benzene rings is 1. The molecule has 1 aromatic heterocycles. The third-order valence-corrected chi connectivity index (χ3v) is 4.09. The molecule has 1 aliphatic heterocycles. The van der Waals surface area contributed by atoms with Crippen LogP contribution in [0.4, 0.5) is 11.5 Å². The number of hydrogen-bond acceptors (Lipinski definition) is 5. The molecule has 0 amide bonds. The lowest BCUT2D eigenvalue weighted by Crippen LogP contribution is -2.47. The standard InChI is InChI=1S/C15H21N5/c1-10-4-3-5-11(2)20(10)19-15-13-8-12(16)6-7-14(13)17-9-18-15/h6-11H,3-5,16H2,1-2H3,(H,17,18,19). The SMILES string of the molecule is CC1CCCC(C)N1Nc1ncnc2ccc(N)cc12. The number of nitrogens with zero attached hydrogens (tertiary/aromatic N) is 3. The summed E-state index contributed by atoms with van der Waals surface area (Å²) in [5.41, 5.74) is 11.0. The van der Waals surface area contributed by atoms with Gasteiger partial charge in [0.1, 0.15) is 6.33 Å². The Hall–Kier alpha value is -1.88. The van der Waals surface area contributed by atoms with Crippen molar-refractivity contribution in [3.05, 3.63) is 24.5 Å². The number of aromatic nitrogens is 2. The van der Waals surface area contributed by atoms with Gasteiger partial charge in [0.05, 0.1) is 5.52 Å². The van der Waals surface area contributed by atoms with E-state index in [-0.39, 0.29) is 0 Å². The van der Waals surface area contributed by atoms with E-state index in [1.54, 1.807) is 6.33 Å². The lowest BCUT2D eigenvalue weighted by Gasteiger charge is -2.39. The first kappa shape index (κ1) is 13.1. The van der Waals surface area contributed by atoms with Gasteiger partial charge in [0.2, 0.25) is 0 Å². The zero-order valence-corrected chi connectivity index (χ0v) is 12.0. The lowest BCUT2D eigenvalue weighted by atomic mass is 10.00. The second-order valence-electron chi connectivity index (χ2n) is 5.65. The summed E-state index contributed by atoms with van der Waals surface area (Å²) < 4.78 is 0. The molecule has 5 nitrogen and oxygen atoms in total. The highest BCUT2D eigenvalue weighted by atomic mass is 15.5. The summed E-state index contributed by atoms with van der Waals surface area (Å²) in [6, 6.07) is 6.73. The second-order valence-corrected chi connectivity index (χ2v) is 5.65. The van der Waals surface area contributed by atoms with Crippen LogP contribution in [0.1, 0.15) is 33.1 Å². The second kappa shape index (κ2) is 5.25. The quantitative estimate of drug-likeness (QED) is 0.822. The van der Waals surface area contributed by atoms with Crippen LogP contribution < -0.4 is 11.2 Å². The van der Waals surface area contributed by atoms with Crippen molar-refractivity contribution in [2.24, 2.45) is 0 Å². The largest absolute Gasteiger partial charge is 0.399 e. The van der Waals surface area contributed by atoms with Crippen molar-refractivity contribution in [2.75, 3.05) is 11.2 Å². The van der Waals surface area contributed by atoms with Gasteiger partial charge in [-0.3, -0.25) is 0 Å². The van der Waals surface area contributed by atoms with Crippen LogP contribution in [0.5, 0.6) is 0 Å². The van der Waals surface area contributed by atoms with Crippen LogP contribution in [-0.4, -0.2) is 27.1 Å². The van der Waals surface area contributed by atoms with E-state index in [0.717, 1.165) is 22.4 Å². The Balaban J connectivity index is 1.95. The fourth-order valence-electron chi connectivity index (χ4n) is 2.93. The molecule has 0 aliphatic carbocycles. The molecule has 2 atom stereocenters. The molecule has 106 valence electrons. The zero-order valence-electron chi connectivity index (χ0n) is 12.0. The van der Waals surface area contributed by atoms with Gasteiger partial charge < -0.3 is 11.2 Å². The van der Waals surface area contributed by atoms with Crippen molar-refractivity contribution in [2.45, 2.75) is 45.2 Å². The lowest BCUT2D eigenvalue weighted by molar-refractivity contribution is 0.135. The van der Waals surface area contributed by atoms with E-state index in [1.165, 1.54) is 19.3 Å². The highest BCUT2D eigenvalue weighted by molar-refractivity contribution is 5.90. The van der Waals surface area contributed by atoms with Crippen LogP contribution in [0.25, 0.3) is 10.9 Å². The molecule has 3 rings (SSSR count). The smallest absolute Gasteiger partial charge is 0.151 e.